The molecular formula is C24H27Cl2N3O2. The van der Waals surface area contributed by atoms with E-state index in [0.29, 0.717) is 36.0 Å². The molecule has 0 saturated carbocycles. The van der Waals surface area contributed by atoms with Crippen LogP contribution in [0.1, 0.15) is 42.4 Å². The van der Waals surface area contributed by atoms with Crippen LogP contribution in [0.15, 0.2) is 36.4 Å². The fourth-order valence-corrected chi connectivity index (χ4v) is 5.20. The molecule has 5 nitrogen and oxygen atoms in total. The Balaban J connectivity index is 1.46. The van der Waals surface area contributed by atoms with Crippen LogP contribution in [0.5, 0.6) is 0 Å². The first-order chi connectivity index (χ1) is 14.8. The Labute approximate surface area is 193 Å². The lowest BCUT2D eigenvalue weighted by Crippen LogP contribution is -2.40. The SMILES string of the molecule is CC(=O)N1CCC(C(=O)Nc2ccc(C3CN(C)Cc4c(Cl)cc(Cl)cc43)cc2)CC1. The molecule has 164 valence electrons. The number of fused-ring (bicyclic) bond motifs is 1. The molecule has 4 rings (SSSR count). The van der Waals surface area contributed by atoms with Crippen molar-refractivity contribution in [3.05, 3.63) is 63.1 Å². The maximum Gasteiger partial charge on any atom is 0.227 e. The second kappa shape index (κ2) is 9.19. The standard InChI is InChI=1S/C24H27Cl2N3O2/c1-15(30)29-9-7-17(8-10-29)24(31)27-19-5-3-16(4-6-19)21-13-28(2)14-22-20(21)11-18(25)12-23(22)26/h3-6,11-12,17,21H,7-10,13-14H2,1-2H3,(H,27,31). The van der Waals surface area contributed by atoms with E-state index in [1.807, 2.05) is 18.2 Å². The van der Waals surface area contributed by atoms with E-state index in [-0.39, 0.29) is 23.7 Å². The van der Waals surface area contributed by atoms with Crippen molar-refractivity contribution in [3.8, 4) is 0 Å². The van der Waals surface area contributed by atoms with Gasteiger partial charge in [0.2, 0.25) is 11.8 Å². The van der Waals surface area contributed by atoms with Gasteiger partial charge in [-0.05, 0) is 60.8 Å². The third-order valence-electron chi connectivity index (χ3n) is 6.38. The fourth-order valence-electron chi connectivity index (χ4n) is 4.63. The predicted octanol–water partition coefficient (Wildman–Crippen LogP) is 4.77. The highest BCUT2D eigenvalue weighted by Crippen LogP contribution is 2.38. The van der Waals surface area contributed by atoms with Crippen molar-refractivity contribution in [2.45, 2.75) is 32.2 Å². The van der Waals surface area contributed by atoms with Crippen molar-refractivity contribution in [2.75, 3.05) is 32.0 Å². The number of rotatable bonds is 3. The minimum atomic E-state index is -0.0570. The summed E-state index contributed by atoms with van der Waals surface area (Å²) in [6, 6.07) is 11.9. The van der Waals surface area contributed by atoms with Crippen LogP contribution < -0.4 is 5.32 Å². The highest BCUT2D eigenvalue weighted by Gasteiger charge is 2.28. The monoisotopic (exact) mass is 459 g/mol. The van der Waals surface area contributed by atoms with Gasteiger partial charge in [0.1, 0.15) is 0 Å². The number of hydrogen-bond acceptors (Lipinski definition) is 3. The summed E-state index contributed by atoms with van der Waals surface area (Å²) in [5, 5.41) is 4.40. The van der Waals surface area contributed by atoms with Gasteiger partial charge in [0, 0.05) is 60.7 Å². The van der Waals surface area contributed by atoms with Gasteiger partial charge in [0.25, 0.3) is 0 Å². The number of nitrogens with one attached hydrogen (secondary N) is 1. The van der Waals surface area contributed by atoms with Gasteiger partial charge in [-0.2, -0.15) is 0 Å². The van der Waals surface area contributed by atoms with Crippen LogP contribution in [0.2, 0.25) is 10.0 Å². The van der Waals surface area contributed by atoms with Crippen LogP contribution in [-0.4, -0.2) is 48.3 Å². The molecule has 1 unspecified atom stereocenters. The second-order valence-corrected chi connectivity index (χ2v) is 9.44. The molecule has 31 heavy (non-hydrogen) atoms. The minimum Gasteiger partial charge on any atom is -0.343 e. The molecule has 0 radical (unpaired) electrons. The van der Waals surface area contributed by atoms with Crippen molar-refractivity contribution < 1.29 is 9.59 Å². The van der Waals surface area contributed by atoms with E-state index in [0.717, 1.165) is 24.3 Å². The van der Waals surface area contributed by atoms with Crippen molar-refractivity contribution in [1.29, 1.82) is 0 Å². The molecule has 1 N–H and O–H groups in total. The third-order valence-corrected chi connectivity index (χ3v) is 6.94. The first kappa shape index (κ1) is 22.1. The summed E-state index contributed by atoms with van der Waals surface area (Å²) in [5.74, 6) is 0.216. The van der Waals surface area contributed by atoms with Gasteiger partial charge in [-0.1, -0.05) is 35.3 Å². The zero-order chi connectivity index (χ0) is 22.1. The van der Waals surface area contributed by atoms with Crippen LogP contribution >= 0.6 is 23.2 Å². The average molecular weight is 460 g/mol. The summed E-state index contributed by atoms with van der Waals surface area (Å²) in [4.78, 5) is 28.2. The van der Waals surface area contributed by atoms with Gasteiger partial charge in [-0.15, -0.1) is 0 Å². The Hall–Kier alpha value is -2.08. The number of nitrogens with zero attached hydrogens (tertiary/aromatic N) is 2. The van der Waals surface area contributed by atoms with E-state index in [1.54, 1.807) is 17.9 Å². The quantitative estimate of drug-likeness (QED) is 0.718. The number of anilines is 1. The molecule has 0 spiro atoms. The van der Waals surface area contributed by atoms with Crippen molar-refractivity contribution in [3.63, 3.8) is 0 Å². The molecular weight excluding hydrogens is 433 g/mol. The topological polar surface area (TPSA) is 52.7 Å². The number of hydrogen-bond donors (Lipinski definition) is 1. The summed E-state index contributed by atoms with van der Waals surface area (Å²) in [6.07, 6.45) is 1.41. The van der Waals surface area contributed by atoms with E-state index in [1.165, 1.54) is 11.1 Å². The van der Waals surface area contributed by atoms with Crippen molar-refractivity contribution in [1.82, 2.24) is 9.80 Å². The summed E-state index contributed by atoms with van der Waals surface area (Å²) < 4.78 is 0. The van der Waals surface area contributed by atoms with Crippen LogP contribution in [0.4, 0.5) is 5.69 Å². The number of amides is 2. The molecule has 2 aromatic carbocycles. The molecule has 2 aliphatic heterocycles. The predicted molar refractivity (Wildman–Crippen MR) is 125 cm³/mol. The normalized spacial score (nSPS) is 19.7. The summed E-state index contributed by atoms with van der Waals surface area (Å²) in [6.45, 7) is 4.55. The van der Waals surface area contributed by atoms with E-state index < -0.39 is 0 Å². The molecule has 2 aromatic rings. The first-order valence-corrected chi connectivity index (χ1v) is 11.4. The van der Waals surface area contributed by atoms with Gasteiger partial charge in [0.05, 0.1) is 0 Å². The van der Waals surface area contributed by atoms with E-state index in [9.17, 15) is 9.59 Å². The van der Waals surface area contributed by atoms with Crippen LogP contribution in [0.3, 0.4) is 0 Å². The molecule has 2 heterocycles. The number of likely N-dealkylation sites (tertiary alicyclic amines) is 1. The number of piperidine rings is 1. The summed E-state index contributed by atoms with van der Waals surface area (Å²) in [7, 11) is 2.09. The molecule has 1 atom stereocenters. The minimum absolute atomic E-state index is 0.0252. The lowest BCUT2D eigenvalue weighted by Gasteiger charge is -2.33. The summed E-state index contributed by atoms with van der Waals surface area (Å²) >= 11 is 12.8. The Morgan fingerprint density at radius 1 is 1.06 bits per heavy atom. The lowest BCUT2D eigenvalue weighted by molar-refractivity contribution is -0.132. The molecule has 2 amide bonds. The highest BCUT2D eigenvalue weighted by atomic mass is 35.5. The van der Waals surface area contributed by atoms with Crippen LogP contribution in [0.25, 0.3) is 0 Å². The first-order valence-electron chi connectivity index (χ1n) is 10.6. The summed E-state index contributed by atoms with van der Waals surface area (Å²) in [5.41, 5.74) is 4.25. The fraction of sp³-hybridized carbons (Fsp3) is 0.417. The molecule has 0 aromatic heterocycles. The zero-order valence-electron chi connectivity index (χ0n) is 17.8. The molecule has 0 aliphatic carbocycles. The number of carbonyl (C=O) groups excluding carboxylic acids is 2. The molecule has 1 saturated heterocycles. The second-order valence-electron chi connectivity index (χ2n) is 8.60. The molecule has 0 bridgehead atoms. The maximum absolute atomic E-state index is 12.7. The van der Waals surface area contributed by atoms with Gasteiger partial charge in [-0.3, -0.25) is 9.59 Å². The Morgan fingerprint density at radius 2 is 1.74 bits per heavy atom. The molecule has 2 aliphatic rings. The zero-order valence-corrected chi connectivity index (χ0v) is 19.3. The molecule has 1 fully saturated rings. The van der Waals surface area contributed by atoms with Crippen LogP contribution in [-0.2, 0) is 16.1 Å². The van der Waals surface area contributed by atoms with Gasteiger partial charge >= 0.3 is 0 Å². The highest BCUT2D eigenvalue weighted by molar-refractivity contribution is 6.35. The number of halogens is 2. The number of carbonyl (C=O) groups is 2. The van der Waals surface area contributed by atoms with Gasteiger partial charge in [0.15, 0.2) is 0 Å². The third kappa shape index (κ3) is 4.89. The molecule has 7 heteroatoms. The number of benzene rings is 2. The van der Waals surface area contributed by atoms with E-state index in [2.05, 4.69) is 29.4 Å². The average Bonchev–Trinajstić information content (AvgIpc) is 2.74. The van der Waals surface area contributed by atoms with Crippen molar-refractivity contribution >= 4 is 40.7 Å². The smallest absolute Gasteiger partial charge is 0.227 e. The van der Waals surface area contributed by atoms with Gasteiger partial charge in [-0.25, -0.2) is 0 Å². The number of likely N-dealkylation sites (N-methyl/N-ethyl adjacent to an activating group) is 1. The Bertz CT molecular complexity index is 985. The maximum atomic E-state index is 12.7. The van der Waals surface area contributed by atoms with E-state index >= 15 is 0 Å². The van der Waals surface area contributed by atoms with Crippen molar-refractivity contribution in [2.24, 2.45) is 5.92 Å². The van der Waals surface area contributed by atoms with E-state index in [4.69, 9.17) is 23.2 Å². The Morgan fingerprint density at radius 3 is 2.39 bits per heavy atom. The van der Waals surface area contributed by atoms with Crippen LogP contribution in [0, 0.1) is 5.92 Å². The largest absolute Gasteiger partial charge is 0.343 e. The Kier molecular flexibility index (Phi) is 6.56. The lowest BCUT2D eigenvalue weighted by atomic mass is 9.84. The van der Waals surface area contributed by atoms with Gasteiger partial charge < -0.3 is 15.1 Å².